The van der Waals surface area contributed by atoms with E-state index in [1.165, 1.54) is 77.1 Å². The molecule has 0 amide bonds. The van der Waals surface area contributed by atoms with E-state index in [0.717, 1.165) is 105 Å². The van der Waals surface area contributed by atoms with E-state index in [4.69, 9.17) is 40.5 Å². The maximum Gasteiger partial charge on any atom is 0.416 e. The standard InChI is InChI=1S/C18H17F3N4O2S.C18H17F3N4S.C17H14ClF3N4.C10H9Cl2N3.C7H6F3N/c1-11-7-12(2)25(24-11)17-10-15(28(3,26)27)9-16(23-17)22-14-6-4-5-13(8-14)18(19,20)21;1-11-7-12(2)25(24-11)17-10-15(26-3)9-16(23-17)22-14-6-4-5-13(8-14)18(19,20)21;1-10-6-11(2)25(24-10)16-9-13(18)8-15(23-16)22-14-5-3-4-12(7-14)17(19,20)21;1-6-3-7(2)15(14-6)10-5-8(11)4-9(12)13-10;8-7(9,10)5-2-1-3-6(11)4-5/h4-10H,1-3H3,(H,22,23);4-10H,1-3H3,(H,22,23);3-9H,1-2H3,(H,22,23);3-5H,1-2H3;1-4H,11H2. The maximum atomic E-state index is 12.9. The van der Waals surface area contributed by atoms with Crippen LogP contribution in [0.5, 0.6) is 0 Å². The van der Waals surface area contributed by atoms with Gasteiger partial charge in [-0.05, 0) is 189 Å². The molecule has 5 N–H and O–H groups in total. The Morgan fingerprint density at radius 1 is 0.390 bits per heavy atom. The zero-order valence-electron chi connectivity index (χ0n) is 56.9. The molecule has 0 aliphatic heterocycles. The molecule has 0 atom stereocenters. The highest BCUT2D eigenvalue weighted by atomic mass is 35.5. The van der Waals surface area contributed by atoms with Crippen LogP contribution in [0, 0.1) is 55.4 Å². The van der Waals surface area contributed by atoms with Gasteiger partial charge in [0.05, 0.1) is 49.9 Å². The molecule has 8 heterocycles. The lowest BCUT2D eigenvalue weighted by molar-refractivity contribution is -0.138. The van der Waals surface area contributed by atoms with Crippen molar-refractivity contribution in [1.29, 1.82) is 0 Å². The first kappa shape index (κ1) is 80.5. The molecule has 18 nitrogen and oxygen atoms in total. The Morgan fingerprint density at radius 3 is 1.02 bits per heavy atom. The summed E-state index contributed by atoms with van der Waals surface area (Å²) in [4.78, 5) is 18.3. The summed E-state index contributed by atoms with van der Waals surface area (Å²) in [5, 5.41) is 27.2. The van der Waals surface area contributed by atoms with Gasteiger partial charge in [0.2, 0.25) is 0 Å². The lowest BCUT2D eigenvalue weighted by Crippen LogP contribution is -2.08. The Kier molecular flexibility index (Phi) is 25.5. The first-order valence-corrected chi connectivity index (χ1v) is 34.9. The van der Waals surface area contributed by atoms with Gasteiger partial charge in [-0.3, -0.25) is 0 Å². The molecule has 8 aromatic heterocycles. The molecule has 12 aromatic rings. The summed E-state index contributed by atoms with van der Waals surface area (Å²) in [5.74, 6) is 2.84. The van der Waals surface area contributed by atoms with Crippen molar-refractivity contribution in [2.45, 2.75) is 89.9 Å². The lowest BCUT2D eigenvalue weighted by atomic mass is 10.2. The second kappa shape index (κ2) is 33.3. The molecule has 12 rings (SSSR count). The van der Waals surface area contributed by atoms with Gasteiger partial charge in [-0.1, -0.05) is 59.1 Å². The van der Waals surface area contributed by atoms with Crippen molar-refractivity contribution in [3.05, 3.63) is 253 Å². The quantitative estimate of drug-likeness (QED) is 0.0387. The van der Waals surface area contributed by atoms with Gasteiger partial charge in [-0.2, -0.15) is 73.1 Å². The number of hydrogen-bond donors (Lipinski definition) is 4. The third kappa shape index (κ3) is 22.9. The van der Waals surface area contributed by atoms with Crippen LogP contribution in [-0.2, 0) is 34.5 Å². The molecule has 0 saturated heterocycles. The number of nitrogens with zero attached hydrogens (tertiary/aromatic N) is 12. The molecule has 0 aliphatic carbocycles. The first-order chi connectivity index (χ1) is 49.0. The van der Waals surface area contributed by atoms with Gasteiger partial charge in [0.15, 0.2) is 33.1 Å². The third-order valence-corrected chi connectivity index (χ3v) is 16.7. The van der Waals surface area contributed by atoms with Gasteiger partial charge in [-0.15, -0.1) is 11.8 Å². The fourth-order valence-corrected chi connectivity index (χ4v) is 11.6. The van der Waals surface area contributed by atoms with Crippen LogP contribution in [0.1, 0.15) is 67.8 Å². The smallest absolute Gasteiger partial charge is 0.399 e. The average Bonchev–Trinajstić information content (AvgIpc) is 1.78. The SMILES string of the molecule is CSc1cc(Nc2cccc(C(F)(F)F)c2)nc(-n2nc(C)cc2C)c1.Cc1cc(C)n(-c2cc(Cl)cc(Cl)n2)n1.Cc1cc(C)n(-c2cc(Cl)cc(Nc3cccc(C(F)(F)F)c3)n2)n1.Cc1cc(C)n(-c2cc(S(C)(=O)=O)cc(Nc3cccc(C(F)(F)F)c3)n2)n1.Nc1cccc(C(F)(F)F)c1. The van der Waals surface area contributed by atoms with Crippen LogP contribution in [0.25, 0.3) is 23.3 Å². The fraction of sp³-hybridized carbons (Fsp3) is 0.200. The molecule has 0 aliphatic rings. The van der Waals surface area contributed by atoms with E-state index < -0.39 is 56.8 Å². The van der Waals surface area contributed by atoms with Gasteiger partial charge < -0.3 is 21.7 Å². The number of sulfone groups is 1. The van der Waals surface area contributed by atoms with Crippen molar-refractivity contribution in [3.63, 3.8) is 0 Å². The van der Waals surface area contributed by atoms with Crippen LogP contribution < -0.4 is 21.7 Å². The summed E-state index contributed by atoms with van der Waals surface area (Å²) in [6.45, 7) is 15.0. The number of aromatic nitrogens is 12. The largest absolute Gasteiger partial charge is 0.416 e. The molecule has 0 unspecified atom stereocenters. The number of halogens is 15. The molecule has 0 bridgehead atoms. The Hall–Kier alpha value is -10.2. The van der Waals surface area contributed by atoms with Crippen LogP contribution in [0.2, 0.25) is 15.2 Å². The number of nitrogen functional groups attached to an aromatic ring is 1. The minimum Gasteiger partial charge on any atom is -0.399 e. The monoisotopic (exact) mass is 1560 g/mol. The summed E-state index contributed by atoms with van der Waals surface area (Å²) in [6.07, 6.45) is -14.6. The minimum absolute atomic E-state index is 0.0282. The first-order valence-electron chi connectivity index (χ1n) is 30.7. The molecule has 0 spiro atoms. The van der Waals surface area contributed by atoms with E-state index in [0.29, 0.717) is 50.0 Å². The average molecular weight is 1560 g/mol. The van der Waals surface area contributed by atoms with E-state index in [1.54, 1.807) is 64.3 Å². The molecule has 0 fully saturated rings. The van der Waals surface area contributed by atoms with E-state index in [-0.39, 0.29) is 33.6 Å². The highest BCUT2D eigenvalue weighted by molar-refractivity contribution is 7.98. The number of alkyl halides is 12. The van der Waals surface area contributed by atoms with Gasteiger partial charge in [0.1, 0.15) is 22.6 Å². The summed E-state index contributed by atoms with van der Waals surface area (Å²) < 4.78 is 182. The molecule has 35 heteroatoms. The van der Waals surface area contributed by atoms with Crippen LogP contribution in [0.3, 0.4) is 0 Å². The van der Waals surface area contributed by atoms with E-state index in [2.05, 4.69) is 56.3 Å². The minimum atomic E-state index is -4.49. The number of rotatable bonds is 12. The third-order valence-electron chi connectivity index (χ3n) is 14.3. The van der Waals surface area contributed by atoms with Crippen LogP contribution in [0.15, 0.2) is 180 Å². The van der Waals surface area contributed by atoms with Gasteiger partial charge >= 0.3 is 24.7 Å². The summed E-state index contributed by atoms with van der Waals surface area (Å²) in [7, 11) is -3.59. The number of hydrogen-bond acceptors (Lipinski definition) is 15. The second-order valence-corrected chi connectivity index (χ2v) is 27.3. The summed E-state index contributed by atoms with van der Waals surface area (Å²) in [6, 6.07) is 39.5. The highest BCUT2D eigenvalue weighted by Crippen LogP contribution is 2.36. The number of aryl methyl sites for hydroxylation is 8. The highest BCUT2D eigenvalue weighted by Gasteiger charge is 2.33. The zero-order chi connectivity index (χ0) is 77.3. The van der Waals surface area contributed by atoms with Crippen LogP contribution in [0.4, 0.5) is 92.9 Å². The van der Waals surface area contributed by atoms with E-state index in [1.807, 2.05) is 72.1 Å². The zero-order valence-corrected chi connectivity index (χ0v) is 60.8. The van der Waals surface area contributed by atoms with Crippen molar-refractivity contribution in [1.82, 2.24) is 59.1 Å². The molecule has 0 radical (unpaired) electrons. The van der Waals surface area contributed by atoms with Gasteiger partial charge in [0.25, 0.3) is 0 Å². The second-order valence-electron chi connectivity index (χ2n) is 23.2. The van der Waals surface area contributed by atoms with Crippen LogP contribution >= 0.6 is 46.6 Å². The topological polar surface area (TPSA) is 219 Å². The molecule has 0 saturated carbocycles. The van der Waals surface area contributed by atoms with E-state index >= 15 is 0 Å². The fourth-order valence-electron chi connectivity index (χ4n) is 9.80. The van der Waals surface area contributed by atoms with Crippen LogP contribution in [-0.4, -0.2) is 80.0 Å². The van der Waals surface area contributed by atoms with Crippen molar-refractivity contribution in [2.75, 3.05) is 34.2 Å². The number of pyridine rings is 4. The molecular weight excluding hydrogens is 1500 g/mol. The molecule has 105 heavy (non-hydrogen) atoms. The molecule has 552 valence electrons. The van der Waals surface area contributed by atoms with E-state index in [9.17, 15) is 61.1 Å². The Morgan fingerprint density at radius 2 is 0.705 bits per heavy atom. The molecule has 4 aromatic carbocycles. The number of benzene rings is 4. The predicted molar refractivity (Wildman–Crippen MR) is 383 cm³/mol. The number of nitrogens with two attached hydrogens (primary N) is 1. The Bertz CT molecular complexity index is 5150. The summed E-state index contributed by atoms with van der Waals surface area (Å²) in [5.41, 5.74) is 9.91. The summed E-state index contributed by atoms with van der Waals surface area (Å²) >= 11 is 19.4. The van der Waals surface area contributed by atoms with Crippen molar-refractivity contribution < 1.29 is 61.1 Å². The normalized spacial score (nSPS) is 11.6. The maximum absolute atomic E-state index is 12.9. The number of anilines is 7. The predicted octanol–water partition coefficient (Wildman–Crippen LogP) is 20.2. The Labute approximate surface area is 613 Å². The lowest BCUT2D eigenvalue weighted by Gasteiger charge is -2.13. The van der Waals surface area contributed by atoms with Crippen molar-refractivity contribution in [2.24, 2.45) is 0 Å². The molecular formula is C70H63Cl3F12N16O2S2. The number of thioether (sulfide) groups is 1. The van der Waals surface area contributed by atoms with Crippen molar-refractivity contribution >= 4 is 96.6 Å². The number of nitrogens with one attached hydrogen (secondary N) is 3. The van der Waals surface area contributed by atoms with Gasteiger partial charge in [-0.25, -0.2) is 47.1 Å². The Balaban J connectivity index is 0.000000171. The van der Waals surface area contributed by atoms with Crippen molar-refractivity contribution in [3.8, 4) is 23.3 Å². The van der Waals surface area contributed by atoms with Gasteiger partial charge in [0, 0.05) is 84.9 Å².